The van der Waals surface area contributed by atoms with E-state index in [2.05, 4.69) is 29.4 Å². The number of aryl methyl sites for hydroxylation is 2. The van der Waals surface area contributed by atoms with Gasteiger partial charge >= 0.3 is 0 Å². The molecule has 3 heterocycles. The van der Waals surface area contributed by atoms with Gasteiger partial charge in [0.15, 0.2) is 5.82 Å². The number of amides is 1. The number of aromatic nitrogens is 3. The summed E-state index contributed by atoms with van der Waals surface area (Å²) < 4.78 is 5.08. The standard InChI is InChI=1S/C17H24N4O2S/c1-11(2)14-10-24-17(19-14)13-5-4-8-21(9-13)16(22)7-6-15-18-12(3)20-23-15/h10-11,13H,4-9H2,1-3H3/t13-/m0/s1. The minimum atomic E-state index is 0.163. The summed E-state index contributed by atoms with van der Waals surface area (Å²) in [5, 5.41) is 7.08. The second-order valence-electron chi connectivity index (χ2n) is 6.68. The third-order valence-electron chi connectivity index (χ3n) is 4.38. The third kappa shape index (κ3) is 4.01. The van der Waals surface area contributed by atoms with Crippen molar-refractivity contribution in [1.29, 1.82) is 0 Å². The Bertz CT molecular complexity index is 694. The molecular formula is C17H24N4O2S. The summed E-state index contributed by atoms with van der Waals surface area (Å²) in [6.45, 7) is 7.71. The molecule has 0 saturated carbocycles. The van der Waals surface area contributed by atoms with Gasteiger partial charge in [0.1, 0.15) is 0 Å². The average Bonchev–Trinajstić information content (AvgIpc) is 3.22. The zero-order chi connectivity index (χ0) is 17.1. The molecular weight excluding hydrogens is 324 g/mol. The second kappa shape index (κ2) is 7.42. The molecule has 3 rings (SSSR count). The van der Waals surface area contributed by atoms with Crippen molar-refractivity contribution in [2.45, 2.75) is 58.3 Å². The summed E-state index contributed by atoms with van der Waals surface area (Å²) in [5.74, 6) is 2.13. The topological polar surface area (TPSA) is 72.1 Å². The number of piperidine rings is 1. The highest BCUT2D eigenvalue weighted by Crippen LogP contribution is 2.31. The smallest absolute Gasteiger partial charge is 0.227 e. The molecule has 0 radical (unpaired) electrons. The Balaban J connectivity index is 1.56. The Morgan fingerprint density at radius 1 is 1.46 bits per heavy atom. The predicted molar refractivity (Wildman–Crippen MR) is 92.1 cm³/mol. The number of nitrogens with zero attached hydrogens (tertiary/aromatic N) is 4. The molecule has 1 amide bonds. The first-order valence-corrected chi connectivity index (χ1v) is 9.43. The SMILES string of the molecule is Cc1noc(CCC(=O)N2CCC[C@H](c3nc(C(C)C)cs3)C2)n1. The monoisotopic (exact) mass is 348 g/mol. The molecule has 1 aliphatic rings. The summed E-state index contributed by atoms with van der Waals surface area (Å²) in [6, 6.07) is 0. The maximum Gasteiger partial charge on any atom is 0.227 e. The largest absolute Gasteiger partial charge is 0.342 e. The number of carbonyl (C=O) groups excluding carboxylic acids is 1. The Labute approximate surface area is 146 Å². The van der Waals surface area contributed by atoms with E-state index in [9.17, 15) is 4.79 Å². The van der Waals surface area contributed by atoms with E-state index in [1.54, 1.807) is 18.3 Å². The summed E-state index contributed by atoms with van der Waals surface area (Å²) in [5.41, 5.74) is 1.16. The zero-order valence-corrected chi connectivity index (χ0v) is 15.3. The van der Waals surface area contributed by atoms with E-state index < -0.39 is 0 Å². The van der Waals surface area contributed by atoms with Crippen molar-refractivity contribution >= 4 is 17.2 Å². The highest BCUT2D eigenvalue weighted by Gasteiger charge is 2.27. The van der Waals surface area contributed by atoms with Gasteiger partial charge in [0.2, 0.25) is 11.8 Å². The van der Waals surface area contributed by atoms with Gasteiger partial charge in [0.25, 0.3) is 0 Å². The lowest BCUT2D eigenvalue weighted by molar-refractivity contribution is -0.132. The third-order valence-corrected chi connectivity index (χ3v) is 5.40. The number of hydrogen-bond acceptors (Lipinski definition) is 6. The lowest BCUT2D eigenvalue weighted by Gasteiger charge is -2.31. The van der Waals surface area contributed by atoms with Crippen LogP contribution in [0, 0.1) is 6.92 Å². The fourth-order valence-corrected chi connectivity index (χ4v) is 4.08. The summed E-state index contributed by atoms with van der Waals surface area (Å²) in [6.07, 6.45) is 3.07. The number of rotatable bonds is 5. The lowest BCUT2D eigenvalue weighted by atomic mass is 9.98. The lowest BCUT2D eigenvalue weighted by Crippen LogP contribution is -2.39. The number of thiazole rings is 1. The maximum atomic E-state index is 12.5. The van der Waals surface area contributed by atoms with Gasteiger partial charge in [-0.2, -0.15) is 4.98 Å². The Hall–Kier alpha value is -1.76. The van der Waals surface area contributed by atoms with E-state index in [1.165, 1.54) is 5.01 Å². The summed E-state index contributed by atoms with van der Waals surface area (Å²) >= 11 is 1.73. The van der Waals surface area contributed by atoms with Gasteiger partial charge in [0.05, 0.1) is 10.7 Å². The van der Waals surface area contributed by atoms with Crippen molar-refractivity contribution in [1.82, 2.24) is 20.0 Å². The van der Waals surface area contributed by atoms with Gasteiger partial charge in [-0.15, -0.1) is 11.3 Å². The molecule has 0 unspecified atom stereocenters. The quantitative estimate of drug-likeness (QED) is 0.829. The Morgan fingerprint density at radius 3 is 2.96 bits per heavy atom. The van der Waals surface area contributed by atoms with Crippen LogP contribution in [-0.4, -0.2) is 39.0 Å². The van der Waals surface area contributed by atoms with Crippen molar-refractivity contribution in [2.24, 2.45) is 0 Å². The van der Waals surface area contributed by atoms with Crippen molar-refractivity contribution in [2.75, 3.05) is 13.1 Å². The molecule has 1 aliphatic heterocycles. The molecule has 1 atom stereocenters. The van der Waals surface area contributed by atoms with Crippen LogP contribution in [0.1, 0.15) is 67.4 Å². The van der Waals surface area contributed by atoms with Crippen molar-refractivity contribution in [3.8, 4) is 0 Å². The van der Waals surface area contributed by atoms with Crippen LogP contribution in [0.15, 0.2) is 9.90 Å². The molecule has 1 saturated heterocycles. The molecule has 0 aromatic carbocycles. The molecule has 2 aromatic heterocycles. The van der Waals surface area contributed by atoms with E-state index in [0.717, 1.165) is 31.6 Å². The first-order valence-electron chi connectivity index (χ1n) is 8.55. The van der Waals surface area contributed by atoms with Crippen molar-refractivity contribution in [3.05, 3.63) is 27.8 Å². The van der Waals surface area contributed by atoms with Crippen molar-refractivity contribution < 1.29 is 9.32 Å². The maximum absolute atomic E-state index is 12.5. The molecule has 7 heteroatoms. The van der Waals surface area contributed by atoms with E-state index in [1.807, 2.05) is 4.90 Å². The van der Waals surface area contributed by atoms with Gasteiger partial charge in [-0.05, 0) is 25.7 Å². The zero-order valence-electron chi connectivity index (χ0n) is 14.5. The van der Waals surface area contributed by atoms with E-state index in [-0.39, 0.29) is 5.91 Å². The van der Waals surface area contributed by atoms with Gasteiger partial charge in [0, 0.05) is 37.2 Å². The molecule has 0 aliphatic carbocycles. The molecule has 6 nitrogen and oxygen atoms in total. The van der Waals surface area contributed by atoms with Crippen LogP contribution < -0.4 is 0 Å². The number of carbonyl (C=O) groups is 1. The first kappa shape index (κ1) is 17.1. The predicted octanol–water partition coefficient (Wildman–Crippen LogP) is 3.30. The van der Waals surface area contributed by atoms with E-state index in [0.29, 0.717) is 36.4 Å². The van der Waals surface area contributed by atoms with Crippen LogP contribution in [0.3, 0.4) is 0 Å². The van der Waals surface area contributed by atoms with E-state index >= 15 is 0 Å². The molecule has 0 spiro atoms. The van der Waals surface area contributed by atoms with Crippen LogP contribution in [0.4, 0.5) is 0 Å². The van der Waals surface area contributed by atoms with Gasteiger partial charge in [-0.1, -0.05) is 19.0 Å². The normalized spacial score (nSPS) is 18.3. The fourth-order valence-electron chi connectivity index (χ4n) is 2.97. The minimum absolute atomic E-state index is 0.163. The second-order valence-corrected chi connectivity index (χ2v) is 7.57. The van der Waals surface area contributed by atoms with Crippen LogP contribution in [0.5, 0.6) is 0 Å². The average molecular weight is 348 g/mol. The first-order chi connectivity index (χ1) is 11.5. The van der Waals surface area contributed by atoms with Crippen LogP contribution in [0.25, 0.3) is 0 Å². The molecule has 0 N–H and O–H groups in total. The minimum Gasteiger partial charge on any atom is -0.342 e. The fraction of sp³-hybridized carbons (Fsp3) is 0.647. The Kier molecular flexibility index (Phi) is 5.28. The number of likely N-dealkylation sites (tertiary alicyclic amines) is 1. The molecule has 2 aromatic rings. The van der Waals surface area contributed by atoms with Crippen LogP contribution >= 0.6 is 11.3 Å². The van der Waals surface area contributed by atoms with Gasteiger partial charge < -0.3 is 9.42 Å². The summed E-state index contributed by atoms with van der Waals surface area (Å²) in [4.78, 5) is 23.4. The molecule has 130 valence electrons. The highest BCUT2D eigenvalue weighted by molar-refractivity contribution is 7.09. The Morgan fingerprint density at radius 2 is 2.29 bits per heavy atom. The molecule has 0 bridgehead atoms. The van der Waals surface area contributed by atoms with Crippen molar-refractivity contribution in [3.63, 3.8) is 0 Å². The highest BCUT2D eigenvalue weighted by atomic mass is 32.1. The van der Waals surface area contributed by atoms with Crippen LogP contribution in [0.2, 0.25) is 0 Å². The molecule has 1 fully saturated rings. The van der Waals surface area contributed by atoms with E-state index in [4.69, 9.17) is 9.51 Å². The van der Waals surface area contributed by atoms with Crippen LogP contribution in [-0.2, 0) is 11.2 Å². The van der Waals surface area contributed by atoms with Gasteiger partial charge in [-0.25, -0.2) is 4.98 Å². The molecule has 24 heavy (non-hydrogen) atoms. The number of hydrogen-bond donors (Lipinski definition) is 0. The summed E-state index contributed by atoms with van der Waals surface area (Å²) in [7, 11) is 0. The van der Waals surface area contributed by atoms with Gasteiger partial charge in [-0.3, -0.25) is 4.79 Å².